The predicted octanol–water partition coefficient (Wildman–Crippen LogP) is 4.19. The lowest BCUT2D eigenvalue weighted by Crippen LogP contribution is -2.45. The maximum Gasteiger partial charge on any atom is 0.364 e. The molecule has 2 atom stereocenters. The molecule has 96 valence electrons. The Morgan fingerprint density at radius 2 is 1.50 bits per heavy atom. The zero-order chi connectivity index (χ0) is 12.6. The van der Waals surface area contributed by atoms with Crippen molar-refractivity contribution >= 4 is 8.56 Å². The molecule has 0 aromatic rings. The zero-order valence-electron chi connectivity index (χ0n) is 11.6. The molecule has 0 rings (SSSR count). The molecule has 0 saturated heterocycles. The summed E-state index contributed by atoms with van der Waals surface area (Å²) in [4.78, 5) is 0. The first kappa shape index (κ1) is 15.9. The van der Waals surface area contributed by atoms with Crippen LogP contribution in [0, 0.1) is 0 Å². The van der Waals surface area contributed by atoms with Gasteiger partial charge >= 0.3 is 8.56 Å². The SMILES string of the molecule is C=C[Si](CCC)(OC(C)CC)OC(C)CC. The van der Waals surface area contributed by atoms with E-state index in [0.717, 1.165) is 25.3 Å². The maximum absolute atomic E-state index is 6.15. The fourth-order valence-electron chi connectivity index (χ4n) is 1.54. The van der Waals surface area contributed by atoms with Gasteiger partial charge in [-0.1, -0.05) is 27.2 Å². The standard InChI is InChI=1S/C13H28O2Si/c1-7-11-16(10-4,14-12(5)8-2)15-13(6)9-3/h10,12-13H,4,7-9,11H2,1-3,5-6H3. The van der Waals surface area contributed by atoms with Crippen LogP contribution in [0.4, 0.5) is 0 Å². The molecule has 0 fully saturated rings. The Balaban J connectivity index is 4.62. The molecule has 2 nitrogen and oxygen atoms in total. The van der Waals surface area contributed by atoms with Crippen LogP contribution in [0.15, 0.2) is 12.3 Å². The molecule has 0 N–H and O–H groups in total. The summed E-state index contributed by atoms with van der Waals surface area (Å²) in [7, 11) is -2.17. The molecule has 3 heteroatoms. The third-order valence-electron chi connectivity index (χ3n) is 2.86. The molecule has 0 aromatic heterocycles. The molecular weight excluding hydrogens is 216 g/mol. The lowest BCUT2D eigenvalue weighted by atomic mass is 10.3. The Bertz CT molecular complexity index is 182. The molecule has 0 bridgehead atoms. The third-order valence-corrected chi connectivity index (χ3v) is 6.28. The van der Waals surface area contributed by atoms with E-state index in [9.17, 15) is 0 Å². The number of rotatable bonds is 9. The molecule has 0 aromatic carbocycles. The Hall–Kier alpha value is -0.123. The smallest absolute Gasteiger partial charge is 0.364 e. The van der Waals surface area contributed by atoms with Crippen molar-refractivity contribution in [3.63, 3.8) is 0 Å². The van der Waals surface area contributed by atoms with E-state index >= 15 is 0 Å². The average Bonchev–Trinajstić information content (AvgIpc) is 2.28. The van der Waals surface area contributed by atoms with Gasteiger partial charge in [0.1, 0.15) is 0 Å². The van der Waals surface area contributed by atoms with E-state index in [1.807, 2.05) is 5.70 Å². The zero-order valence-corrected chi connectivity index (χ0v) is 12.6. The van der Waals surface area contributed by atoms with Gasteiger partial charge in [-0.2, -0.15) is 0 Å². The van der Waals surface area contributed by atoms with Crippen LogP contribution in [-0.4, -0.2) is 20.8 Å². The fraction of sp³-hybridized carbons (Fsp3) is 0.846. The molecule has 0 heterocycles. The first-order chi connectivity index (χ1) is 7.53. The summed E-state index contributed by atoms with van der Waals surface area (Å²) in [5, 5.41) is 0. The molecule has 0 saturated carbocycles. The summed E-state index contributed by atoms with van der Waals surface area (Å²) in [5.74, 6) is 0. The topological polar surface area (TPSA) is 18.5 Å². The number of hydrogen-bond donors (Lipinski definition) is 0. The second kappa shape index (κ2) is 8.04. The van der Waals surface area contributed by atoms with E-state index < -0.39 is 8.56 Å². The summed E-state index contributed by atoms with van der Waals surface area (Å²) < 4.78 is 12.3. The van der Waals surface area contributed by atoms with Gasteiger partial charge in [-0.3, -0.25) is 0 Å². The summed E-state index contributed by atoms with van der Waals surface area (Å²) in [6.45, 7) is 14.6. The van der Waals surface area contributed by atoms with Gasteiger partial charge in [-0.25, -0.2) is 0 Å². The molecule has 16 heavy (non-hydrogen) atoms. The van der Waals surface area contributed by atoms with Crippen molar-refractivity contribution in [3.8, 4) is 0 Å². The fourth-order valence-corrected chi connectivity index (χ4v) is 4.62. The monoisotopic (exact) mass is 244 g/mol. The van der Waals surface area contributed by atoms with Gasteiger partial charge in [0.15, 0.2) is 0 Å². The van der Waals surface area contributed by atoms with E-state index in [0.29, 0.717) is 0 Å². The summed E-state index contributed by atoms with van der Waals surface area (Å²) in [6.07, 6.45) is 3.66. The van der Waals surface area contributed by atoms with Crippen molar-refractivity contribution in [2.75, 3.05) is 0 Å². The van der Waals surface area contributed by atoms with Gasteiger partial charge in [0.05, 0.1) is 0 Å². The van der Waals surface area contributed by atoms with Crippen LogP contribution in [0.25, 0.3) is 0 Å². The summed E-state index contributed by atoms with van der Waals surface area (Å²) in [6, 6.07) is 1.01. The van der Waals surface area contributed by atoms with E-state index in [1.54, 1.807) is 0 Å². The van der Waals surface area contributed by atoms with Gasteiger partial charge < -0.3 is 8.85 Å². The van der Waals surface area contributed by atoms with Crippen molar-refractivity contribution in [2.24, 2.45) is 0 Å². The minimum absolute atomic E-state index is 0.264. The van der Waals surface area contributed by atoms with Crippen molar-refractivity contribution in [2.45, 2.75) is 72.1 Å². The van der Waals surface area contributed by atoms with Crippen molar-refractivity contribution in [3.05, 3.63) is 12.3 Å². The van der Waals surface area contributed by atoms with Gasteiger partial charge in [0.25, 0.3) is 0 Å². The van der Waals surface area contributed by atoms with Gasteiger partial charge in [0.2, 0.25) is 0 Å². The first-order valence-corrected chi connectivity index (χ1v) is 8.62. The molecule has 0 aliphatic rings. The highest BCUT2D eigenvalue weighted by Gasteiger charge is 2.36. The second-order valence-corrected chi connectivity index (χ2v) is 7.44. The second-order valence-electron chi connectivity index (χ2n) is 4.44. The van der Waals surface area contributed by atoms with E-state index in [-0.39, 0.29) is 12.2 Å². The summed E-state index contributed by atoms with van der Waals surface area (Å²) >= 11 is 0. The number of hydrogen-bond acceptors (Lipinski definition) is 2. The average molecular weight is 244 g/mol. The highest BCUT2D eigenvalue weighted by atomic mass is 28.4. The molecule has 0 radical (unpaired) electrons. The Kier molecular flexibility index (Phi) is 7.98. The third kappa shape index (κ3) is 5.28. The predicted molar refractivity (Wildman–Crippen MR) is 72.7 cm³/mol. The molecule has 0 amide bonds. The van der Waals surface area contributed by atoms with Crippen LogP contribution in [-0.2, 0) is 8.85 Å². The maximum atomic E-state index is 6.15. The van der Waals surface area contributed by atoms with Crippen LogP contribution >= 0.6 is 0 Å². The van der Waals surface area contributed by atoms with E-state index in [4.69, 9.17) is 8.85 Å². The van der Waals surface area contributed by atoms with Gasteiger partial charge in [0, 0.05) is 12.2 Å². The Labute approximate surface area is 102 Å². The Morgan fingerprint density at radius 1 is 1.06 bits per heavy atom. The van der Waals surface area contributed by atoms with Crippen LogP contribution in [0.2, 0.25) is 6.04 Å². The van der Waals surface area contributed by atoms with Gasteiger partial charge in [-0.05, 0) is 38.4 Å². The molecule has 2 unspecified atom stereocenters. The van der Waals surface area contributed by atoms with Crippen molar-refractivity contribution < 1.29 is 8.85 Å². The normalized spacial score (nSPS) is 18.8. The molecule has 0 aliphatic carbocycles. The minimum Gasteiger partial charge on any atom is -0.388 e. The van der Waals surface area contributed by atoms with Crippen LogP contribution in [0.1, 0.15) is 53.9 Å². The highest BCUT2D eigenvalue weighted by Crippen LogP contribution is 2.22. The van der Waals surface area contributed by atoms with Crippen molar-refractivity contribution in [1.29, 1.82) is 0 Å². The first-order valence-electron chi connectivity index (χ1n) is 6.52. The lowest BCUT2D eigenvalue weighted by molar-refractivity contribution is 0.0953. The molecule has 0 spiro atoms. The van der Waals surface area contributed by atoms with E-state index in [1.165, 1.54) is 0 Å². The van der Waals surface area contributed by atoms with Gasteiger partial charge in [-0.15, -0.1) is 6.58 Å². The lowest BCUT2D eigenvalue weighted by Gasteiger charge is -2.32. The minimum atomic E-state index is -2.17. The van der Waals surface area contributed by atoms with Crippen molar-refractivity contribution in [1.82, 2.24) is 0 Å². The van der Waals surface area contributed by atoms with Crippen LogP contribution < -0.4 is 0 Å². The molecular formula is C13H28O2Si. The summed E-state index contributed by atoms with van der Waals surface area (Å²) in [5.41, 5.74) is 1.95. The Morgan fingerprint density at radius 3 is 1.75 bits per heavy atom. The molecule has 0 aliphatic heterocycles. The quantitative estimate of drug-likeness (QED) is 0.566. The highest BCUT2D eigenvalue weighted by molar-refractivity contribution is 6.72. The van der Waals surface area contributed by atoms with Crippen LogP contribution in [0.5, 0.6) is 0 Å². The largest absolute Gasteiger partial charge is 0.388 e. The van der Waals surface area contributed by atoms with E-state index in [2.05, 4.69) is 41.2 Å². The van der Waals surface area contributed by atoms with Crippen LogP contribution in [0.3, 0.4) is 0 Å².